The van der Waals surface area contributed by atoms with Crippen molar-refractivity contribution in [3.8, 4) is 34.3 Å². The number of aromatic hydroxyl groups is 3. The molecule has 3 rings (SSSR count). The van der Waals surface area contributed by atoms with Gasteiger partial charge in [-0.05, 0) is 25.1 Å². The van der Waals surface area contributed by atoms with E-state index in [4.69, 9.17) is 9.15 Å². The van der Waals surface area contributed by atoms with E-state index < -0.39 is 5.43 Å². The minimum Gasteiger partial charge on any atom is -0.508 e. The fraction of sp³-hybridized carbons (Fsp3) is 0.118. The smallest absolute Gasteiger partial charge is 0.199 e. The molecule has 0 saturated heterocycles. The minimum atomic E-state index is -0.397. The summed E-state index contributed by atoms with van der Waals surface area (Å²) in [5.41, 5.74) is 0.496. The van der Waals surface area contributed by atoms with Crippen LogP contribution in [-0.4, -0.2) is 22.4 Å². The molecule has 0 fully saturated rings. The largest absolute Gasteiger partial charge is 0.508 e. The van der Waals surface area contributed by atoms with E-state index in [1.54, 1.807) is 13.0 Å². The van der Waals surface area contributed by atoms with E-state index >= 15 is 0 Å². The average Bonchev–Trinajstić information content (AvgIpc) is 2.50. The van der Waals surface area contributed by atoms with Crippen LogP contribution in [0.15, 0.2) is 39.5 Å². The van der Waals surface area contributed by atoms with Gasteiger partial charge >= 0.3 is 0 Å². The molecular weight excluding hydrogens is 300 g/mol. The SMILES string of the molecule is COc1cc(-c2oc3cc(O)cc(O)c3c(=O)c2C)ccc1O. The van der Waals surface area contributed by atoms with Crippen LogP contribution in [-0.2, 0) is 0 Å². The zero-order chi connectivity index (χ0) is 16.7. The van der Waals surface area contributed by atoms with Gasteiger partial charge in [-0.25, -0.2) is 0 Å². The van der Waals surface area contributed by atoms with Crippen molar-refractivity contribution < 1.29 is 24.5 Å². The summed E-state index contributed by atoms with van der Waals surface area (Å²) in [6, 6.07) is 6.89. The van der Waals surface area contributed by atoms with E-state index in [9.17, 15) is 20.1 Å². The number of phenolic OH excluding ortho intramolecular Hbond substituents is 3. The Bertz CT molecular complexity index is 971. The van der Waals surface area contributed by atoms with Gasteiger partial charge in [0, 0.05) is 23.3 Å². The summed E-state index contributed by atoms with van der Waals surface area (Å²) in [6.45, 7) is 1.58. The normalized spacial score (nSPS) is 10.9. The van der Waals surface area contributed by atoms with Crippen LogP contribution >= 0.6 is 0 Å². The molecule has 118 valence electrons. The van der Waals surface area contributed by atoms with Crippen molar-refractivity contribution in [2.45, 2.75) is 6.92 Å². The average molecular weight is 314 g/mol. The fourth-order valence-electron chi connectivity index (χ4n) is 2.47. The van der Waals surface area contributed by atoms with Crippen LogP contribution in [0.25, 0.3) is 22.3 Å². The molecule has 0 atom stereocenters. The van der Waals surface area contributed by atoms with Crippen molar-refractivity contribution in [2.24, 2.45) is 0 Å². The second-order valence-electron chi connectivity index (χ2n) is 5.11. The highest BCUT2D eigenvalue weighted by atomic mass is 16.5. The molecule has 1 heterocycles. The molecule has 23 heavy (non-hydrogen) atoms. The topological polar surface area (TPSA) is 100 Å². The van der Waals surface area contributed by atoms with Gasteiger partial charge in [0.25, 0.3) is 0 Å². The van der Waals surface area contributed by atoms with Gasteiger partial charge in [0.05, 0.1) is 7.11 Å². The molecule has 0 radical (unpaired) electrons. The second-order valence-corrected chi connectivity index (χ2v) is 5.11. The number of hydrogen-bond acceptors (Lipinski definition) is 6. The second kappa shape index (κ2) is 5.24. The quantitative estimate of drug-likeness (QED) is 0.672. The Morgan fingerprint density at radius 2 is 1.78 bits per heavy atom. The third-order valence-electron chi connectivity index (χ3n) is 3.63. The van der Waals surface area contributed by atoms with Crippen LogP contribution in [0.3, 0.4) is 0 Å². The lowest BCUT2D eigenvalue weighted by Crippen LogP contribution is -2.07. The maximum atomic E-state index is 12.5. The predicted octanol–water partition coefficient (Wildman–Crippen LogP) is 2.89. The molecule has 0 unspecified atom stereocenters. The molecule has 6 heteroatoms. The van der Waals surface area contributed by atoms with E-state index in [-0.39, 0.29) is 39.7 Å². The lowest BCUT2D eigenvalue weighted by Gasteiger charge is -2.10. The molecule has 0 aliphatic heterocycles. The maximum absolute atomic E-state index is 12.5. The predicted molar refractivity (Wildman–Crippen MR) is 84.2 cm³/mol. The number of hydrogen-bond donors (Lipinski definition) is 3. The summed E-state index contributed by atoms with van der Waals surface area (Å²) >= 11 is 0. The first-order valence-electron chi connectivity index (χ1n) is 6.79. The van der Waals surface area contributed by atoms with E-state index in [2.05, 4.69) is 0 Å². The van der Waals surface area contributed by atoms with Crippen LogP contribution in [0.1, 0.15) is 5.56 Å². The summed E-state index contributed by atoms with van der Waals surface area (Å²) in [4.78, 5) is 12.5. The van der Waals surface area contributed by atoms with Crippen LogP contribution in [0, 0.1) is 6.92 Å². The van der Waals surface area contributed by atoms with Gasteiger partial charge in [0.1, 0.15) is 28.2 Å². The summed E-state index contributed by atoms with van der Waals surface area (Å²) < 4.78 is 10.8. The Morgan fingerprint density at radius 1 is 1.04 bits per heavy atom. The van der Waals surface area contributed by atoms with Gasteiger partial charge in [0.2, 0.25) is 0 Å². The monoisotopic (exact) mass is 314 g/mol. The third kappa shape index (κ3) is 2.34. The highest BCUT2D eigenvalue weighted by Crippen LogP contribution is 2.35. The Labute approximate surface area is 130 Å². The minimum absolute atomic E-state index is 0.00907. The molecule has 3 aromatic rings. The lowest BCUT2D eigenvalue weighted by atomic mass is 10.0. The molecule has 6 nitrogen and oxygen atoms in total. The van der Waals surface area contributed by atoms with Gasteiger partial charge in [-0.2, -0.15) is 0 Å². The summed E-state index contributed by atoms with van der Waals surface area (Å²) in [5.74, 6) is -0.0792. The zero-order valence-electron chi connectivity index (χ0n) is 12.5. The van der Waals surface area contributed by atoms with Crippen LogP contribution in [0.4, 0.5) is 0 Å². The van der Waals surface area contributed by atoms with E-state index in [1.807, 2.05) is 0 Å². The first-order valence-corrected chi connectivity index (χ1v) is 6.79. The van der Waals surface area contributed by atoms with Crippen molar-refractivity contribution in [2.75, 3.05) is 7.11 Å². The van der Waals surface area contributed by atoms with Crippen LogP contribution in [0.5, 0.6) is 23.0 Å². The van der Waals surface area contributed by atoms with Gasteiger partial charge < -0.3 is 24.5 Å². The zero-order valence-corrected chi connectivity index (χ0v) is 12.5. The molecular formula is C17H14O6. The molecule has 0 spiro atoms. The Balaban J connectivity index is 2.35. The molecule has 0 bridgehead atoms. The van der Waals surface area contributed by atoms with Gasteiger partial charge in [-0.3, -0.25) is 4.79 Å². The molecule has 2 aromatic carbocycles. The van der Waals surface area contributed by atoms with Crippen molar-refractivity contribution >= 4 is 11.0 Å². The number of benzene rings is 2. The summed E-state index contributed by atoms with van der Waals surface area (Å²) in [7, 11) is 1.42. The number of fused-ring (bicyclic) bond motifs is 1. The molecule has 0 saturated carbocycles. The molecule has 0 aliphatic rings. The van der Waals surface area contributed by atoms with E-state index in [0.717, 1.165) is 6.07 Å². The lowest BCUT2D eigenvalue weighted by molar-refractivity contribution is 0.373. The number of ether oxygens (including phenoxy) is 1. The molecule has 3 N–H and O–H groups in total. The van der Waals surface area contributed by atoms with Crippen molar-refractivity contribution in [3.05, 3.63) is 46.1 Å². The number of phenols is 3. The standard InChI is InChI=1S/C17H14O6/c1-8-16(21)15-12(20)6-10(18)7-14(15)23-17(8)9-3-4-11(19)13(5-9)22-2/h3-7,18-20H,1-2H3. The summed E-state index contributed by atoms with van der Waals surface area (Å²) in [5, 5.41) is 29.1. The first-order chi connectivity index (χ1) is 10.9. The van der Waals surface area contributed by atoms with Gasteiger partial charge in [-0.1, -0.05) is 0 Å². The van der Waals surface area contributed by atoms with Crippen molar-refractivity contribution in [3.63, 3.8) is 0 Å². The number of rotatable bonds is 2. The van der Waals surface area contributed by atoms with Crippen molar-refractivity contribution in [1.82, 2.24) is 0 Å². The van der Waals surface area contributed by atoms with E-state index in [0.29, 0.717) is 11.1 Å². The Kier molecular flexibility index (Phi) is 3.37. The van der Waals surface area contributed by atoms with Gasteiger partial charge in [0.15, 0.2) is 16.9 Å². The Hall–Kier alpha value is -3.15. The maximum Gasteiger partial charge on any atom is 0.199 e. The third-order valence-corrected chi connectivity index (χ3v) is 3.63. The van der Waals surface area contributed by atoms with E-state index in [1.165, 1.54) is 25.3 Å². The van der Waals surface area contributed by atoms with Crippen LogP contribution < -0.4 is 10.2 Å². The van der Waals surface area contributed by atoms with Crippen molar-refractivity contribution in [1.29, 1.82) is 0 Å². The first kappa shape index (κ1) is 14.8. The van der Waals surface area contributed by atoms with Crippen LogP contribution in [0.2, 0.25) is 0 Å². The highest BCUT2D eigenvalue weighted by Gasteiger charge is 2.17. The summed E-state index contributed by atoms with van der Waals surface area (Å²) in [6.07, 6.45) is 0. The molecule has 1 aromatic heterocycles. The number of methoxy groups -OCH3 is 1. The Morgan fingerprint density at radius 3 is 2.48 bits per heavy atom. The molecule has 0 amide bonds. The fourth-order valence-corrected chi connectivity index (χ4v) is 2.47. The highest BCUT2D eigenvalue weighted by molar-refractivity contribution is 5.87. The molecule has 0 aliphatic carbocycles. The van der Waals surface area contributed by atoms with Gasteiger partial charge in [-0.15, -0.1) is 0 Å².